The van der Waals surface area contributed by atoms with E-state index >= 15 is 0 Å². The summed E-state index contributed by atoms with van der Waals surface area (Å²) in [6.07, 6.45) is -1.18. The molecule has 1 atom stereocenters. The molecule has 0 radical (unpaired) electrons. The maximum atomic E-state index is 13.5. The average molecular weight is 317 g/mol. The van der Waals surface area contributed by atoms with Crippen molar-refractivity contribution in [1.29, 1.82) is 0 Å². The number of amides is 1. The normalized spacial score (nSPS) is 12.3. The first-order chi connectivity index (χ1) is 11.0. The van der Waals surface area contributed by atoms with Gasteiger partial charge in [-0.15, -0.1) is 0 Å². The van der Waals surface area contributed by atoms with E-state index in [2.05, 4.69) is 5.32 Å². The topological polar surface area (TPSA) is 62.5 Å². The van der Waals surface area contributed by atoms with Gasteiger partial charge in [-0.25, -0.2) is 8.78 Å². The average Bonchev–Trinajstić information content (AvgIpc) is 2.95. The van der Waals surface area contributed by atoms with Crippen LogP contribution >= 0.6 is 0 Å². The second kappa shape index (κ2) is 6.18. The van der Waals surface area contributed by atoms with Crippen LogP contribution in [0.3, 0.4) is 0 Å². The number of aliphatic hydroxyl groups is 1. The van der Waals surface area contributed by atoms with Crippen LogP contribution in [0.2, 0.25) is 0 Å². The third kappa shape index (κ3) is 3.22. The summed E-state index contributed by atoms with van der Waals surface area (Å²) in [6, 6.07) is 11.1. The van der Waals surface area contributed by atoms with E-state index in [0.29, 0.717) is 11.0 Å². The number of aliphatic hydroxyl groups excluding tert-OH is 1. The fraction of sp³-hybridized carbons (Fsp3) is 0.118. The van der Waals surface area contributed by atoms with Crippen molar-refractivity contribution >= 4 is 16.9 Å². The lowest BCUT2D eigenvalue weighted by molar-refractivity contribution is 0.0889. The summed E-state index contributed by atoms with van der Waals surface area (Å²) < 4.78 is 32.0. The highest BCUT2D eigenvalue weighted by atomic mass is 19.1. The molecule has 0 fully saturated rings. The molecule has 4 nitrogen and oxygen atoms in total. The Morgan fingerprint density at radius 3 is 2.74 bits per heavy atom. The van der Waals surface area contributed by atoms with Crippen LogP contribution < -0.4 is 5.32 Å². The Balaban J connectivity index is 1.70. The summed E-state index contributed by atoms with van der Waals surface area (Å²) in [5.41, 5.74) is 0.477. The number of halogens is 2. The molecule has 0 spiro atoms. The summed E-state index contributed by atoms with van der Waals surface area (Å²) >= 11 is 0. The highest BCUT2D eigenvalue weighted by Crippen LogP contribution is 2.21. The molecule has 1 amide bonds. The third-order valence-electron chi connectivity index (χ3n) is 3.42. The number of benzene rings is 2. The number of hydrogen-bond donors (Lipinski definition) is 2. The van der Waals surface area contributed by atoms with Crippen LogP contribution in [0.4, 0.5) is 8.78 Å². The zero-order chi connectivity index (χ0) is 16.4. The Labute approximate surface area is 130 Å². The third-order valence-corrected chi connectivity index (χ3v) is 3.42. The van der Waals surface area contributed by atoms with Crippen molar-refractivity contribution in [2.45, 2.75) is 6.10 Å². The molecule has 6 heteroatoms. The first-order valence-electron chi connectivity index (χ1n) is 6.94. The van der Waals surface area contributed by atoms with Crippen molar-refractivity contribution in [3.8, 4) is 0 Å². The van der Waals surface area contributed by atoms with E-state index in [4.69, 9.17) is 4.42 Å². The Bertz CT molecular complexity index is 860. The zero-order valence-corrected chi connectivity index (χ0v) is 11.9. The van der Waals surface area contributed by atoms with E-state index in [1.807, 2.05) is 0 Å². The molecule has 0 aliphatic rings. The summed E-state index contributed by atoms with van der Waals surface area (Å²) in [6.45, 7) is -0.175. The lowest BCUT2D eigenvalue weighted by atomic mass is 10.1. The van der Waals surface area contributed by atoms with Crippen LogP contribution in [0.15, 0.2) is 52.9 Å². The minimum Gasteiger partial charge on any atom is -0.451 e. The van der Waals surface area contributed by atoms with Crippen molar-refractivity contribution in [3.63, 3.8) is 0 Å². The van der Waals surface area contributed by atoms with Gasteiger partial charge in [0.1, 0.15) is 17.2 Å². The van der Waals surface area contributed by atoms with Crippen molar-refractivity contribution in [1.82, 2.24) is 5.32 Å². The SMILES string of the molecule is O=C(NCC(O)c1ccccc1F)c1cc2cc(F)ccc2o1. The Morgan fingerprint density at radius 1 is 1.17 bits per heavy atom. The van der Waals surface area contributed by atoms with Crippen molar-refractivity contribution in [2.24, 2.45) is 0 Å². The smallest absolute Gasteiger partial charge is 0.287 e. The fourth-order valence-electron chi connectivity index (χ4n) is 2.26. The van der Waals surface area contributed by atoms with Crippen LogP contribution in [-0.2, 0) is 0 Å². The molecule has 2 aromatic carbocycles. The van der Waals surface area contributed by atoms with Crippen LogP contribution in [0, 0.1) is 11.6 Å². The van der Waals surface area contributed by atoms with E-state index in [9.17, 15) is 18.7 Å². The maximum absolute atomic E-state index is 13.5. The lowest BCUT2D eigenvalue weighted by Crippen LogP contribution is -2.28. The molecule has 3 rings (SSSR count). The standard InChI is InChI=1S/C17H13F2NO3/c18-11-5-6-15-10(7-11)8-16(23-15)17(22)20-9-14(21)12-3-1-2-4-13(12)19/h1-8,14,21H,9H2,(H,20,22). The van der Waals surface area contributed by atoms with Gasteiger partial charge in [-0.3, -0.25) is 4.79 Å². The first kappa shape index (κ1) is 15.2. The highest BCUT2D eigenvalue weighted by molar-refractivity contribution is 5.96. The minimum absolute atomic E-state index is 0.00802. The molecule has 0 aliphatic carbocycles. The van der Waals surface area contributed by atoms with E-state index in [1.54, 1.807) is 6.07 Å². The van der Waals surface area contributed by atoms with Crippen LogP contribution in [0.25, 0.3) is 11.0 Å². The van der Waals surface area contributed by atoms with Gasteiger partial charge in [-0.05, 0) is 30.3 Å². The molecule has 1 heterocycles. The van der Waals surface area contributed by atoms with E-state index < -0.39 is 23.6 Å². The second-order valence-corrected chi connectivity index (χ2v) is 5.04. The number of rotatable bonds is 4. The van der Waals surface area contributed by atoms with Gasteiger partial charge in [0.25, 0.3) is 5.91 Å². The molecule has 0 saturated carbocycles. The van der Waals surface area contributed by atoms with Crippen molar-refractivity contribution in [3.05, 3.63) is 71.5 Å². The zero-order valence-electron chi connectivity index (χ0n) is 11.9. The van der Waals surface area contributed by atoms with Crippen LogP contribution in [0.1, 0.15) is 22.2 Å². The predicted molar refractivity (Wildman–Crippen MR) is 79.9 cm³/mol. The van der Waals surface area contributed by atoms with Crippen molar-refractivity contribution in [2.75, 3.05) is 6.54 Å². The monoisotopic (exact) mass is 317 g/mol. The quantitative estimate of drug-likeness (QED) is 0.777. The van der Waals surface area contributed by atoms with E-state index in [1.165, 1.54) is 42.5 Å². The number of furan rings is 1. The number of nitrogens with one attached hydrogen (secondary N) is 1. The number of carbonyl (C=O) groups is 1. The van der Waals surface area contributed by atoms with Gasteiger partial charge in [0.2, 0.25) is 0 Å². The fourth-order valence-corrected chi connectivity index (χ4v) is 2.26. The predicted octanol–water partition coefficient (Wildman–Crippen LogP) is 3.17. The van der Waals surface area contributed by atoms with Gasteiger partial charge in [-0.2, -0.15) is 0 Å². The Morgan fingerprint density at radius 2 is 1.96 bits per heavy atom. The molecule has 2 N–H and O–H groups in total. The van der Waals surface area contributed by atoms with E-state index in [0.717, 1.165) is 0 Å². The van der Waals surface area contributed by atoms with Gasteiger partial charge < -0.3 is 14.8 Å². The molecule has 0 saturated heterocycles. The van der Waals surface area contributed by atoms with Crippen molar-refractivity contribution < 1.29 is 23.1 Å². The highest BCUT2D eigenvalue weighted by Gasteiger charge is 2.16. The summed E-state index contributed by atoms with van der Waals surface area (Å²) in [5, 5.41) is 12.9. The van der Waals surface area contributed by atoms with Gasteiger partial charge in [0, 0.05) is 17.5 Å². The number of fused-ring (bicyclic) bond motifs is 1. The number of hydrogen-bond acceptors (Lipinski definition) is 3. The number of carbonyl (C=O) groups excluding carboxylic acids is 1. The van der Waals surface area contributed by atoms with Gasteiger partial charge in [0.15, 0.2) is 5.76 Å². The molecule has 1 aromatic heterocycles. The Hall–Kier alpha value is -2.73. The van der Waals surface area contributed by atoms with Crippen LogP contribution in [-0.4, -0.2) is 17.6 Å². The maximum Gasteiger partial charge on any atom is 0.287 e. The summed E-state index contributed by atoms with van der Waals surface area (Å²) in [5.74, 6) is -1.56. The largest absolute Gasteiger partial charge is 0.451 e. The molecule has 0 bridgehead atoms. The van der Waals surface area contributed by atoms with E-state index in [-0.39, 0.29) is 17.9 Å². The molecular weight excluding hydrogens is 304 g/mol. The van der Waals surface area contributed by atoms with Gasteiger partial charge in [-0.1, -0.05) is 18.2 Å². The lowest BCUT2D eigenvalue weighted by Gasteiger charge is -2.12. The first-order valence-corrected chi connectivity index (χ1v) is 6.94. The Kier molecular flexibility index (Phi) is 4.08. The summed E-state index contributed by atoms with van der Waals surface area (Å²) in [4.78, 5) is 12.0. The second-order valence-electron chi connectivity index (χ2n) is 5.04. The molecular formula is C17H13F2NO3. The molecule has 1 unspecified atom stereocenters. The minimum atomic E-state index is -1.18. The van der Waals surface area contributed by atoms with Gasteiger partial charge in [0.05, 0.1) is 6.10 Å². The molecule has 118 valence electrons. The van der Waals surface area contributed by atoms with Gasteiger partial charge >= 0.3 is 0 Å². The molecule has 3 aromatic rings. The molecule has 0 aliphatic heterocycles. The van der Waals surface area contributed by atoms with Crippen LogP contribution in [0.5, 0.6) is 0 Å². The summed E-state index contributed by atoms with van der Waals surface area (Å²) in [7, 11) is 0. The molecule has 23 heavy (non-hydrogen) atoms.